The minimum Gasteiger partial charge on any atom is -0.325 e. The fourth-order valence-electron chi connectivity index (χ4n) is 2.43. The van der Waals surface area contributed by atoms with Crippen molar-refractivity contribution in [1.29, 1.82) is 0 Å². The van der Waals surface area contributed by atoms with Gasteiger partial charge >= 0.3 is 0 Å². The van der Waals surface area contributed by atoms with Gasteiger partial charge in [-0.2, -0.15) is 8.78 Å². The summed E-state index contributed by atoms with van der Waals surface area (Å²) in [7, 11) is 0. The lowest BCUT2D eigenvalue weighted by molar-refractivity contribution is -0.115. The van der Waals surface area contributed by atoms with E-state index in [0.717, 1.165) is 16.1 Å². The van der Waals surface area contributed by atoms with Crippen molar-refractivity contribution < 1.29 is 13.6 Å². The fourth-order valence-corrected chi connectivity index (χ4v) is 3.84. The second-order valence-corrected chi connectivity index (χ2v) is 7.50. The van der Waals surface area contributed by atoms with E-state index in [2.05, 4.69) is 10.3 Å². The number of para-hydroxylation sites is 1. The molecule has 1 heterocycles. The molecule has 1 aromatic heterocycles. The minimum absolute atomic E-state index is 0.0932. The molecule has 0 radical (unpaired) electrons. The zero-order valence-electron chi connectivity index (χ0n) is 13.9. The first-order chi connectivity index (χ1) is 12.5. The highest BCUT2D eigenvalue weighted by atomic mass is 32.2. The molecule has 134 valence electrons. The normalized spacial score (nSPS) is 10.9. The summed E-state index contributed by atoms with van der Waals surface area (Å²) in [6.07, 6.45) is 0.0932. The van der Waals surface area contributed by atoms with Gasteiger partial charge in [-0.05, 0) is 25.1 Å². The monoisotopic (exact) mass is 390 g/mol. The van der Waals surface area contributed by atoms with Crippen molar-refractivity contribution in [1.82, 2.24) is 4.98 Å². The first kappa shape index (κ1) is 18.5. The van der Waals surface area contributed by atoms with E-state index in [1.807, 2.05) is 36.6 Å². The van der Waals surface area contributed by atoms with Crippen LogP contribution >= 0.6 is 23.1 Å². The standard InChI is InChI=1S/C19H16F2N2OS2/c1-12-5-4-6-13(9-12)18-22-14(11-25-18)10-17(24)23-15-7-2-3-8-16(15)26-19(20)21/h2-9,11,19H,10H2,1H3,(H,23,24). The number of halogens is 2. The Morgan fingerprint density at radius 3 is 2.81 bits per heavy atom. The molecular weight excluding hydrogens is 374 g/mol. The maximum absolute atomic E-state index is 12.6. The maximum atomic E-state index is 12.6. The van der Waals surface area contributed by atoms with Gasteiger partial charge in [0.25, 0.3) is 5.76 Å². The fraction of sp³-hybridized carbons (Fsp3) is 0.158. The van der Waals surface area contributed by atoms with Crippen LogP contribution in [-0.2, 0) is 11.2 Å². The third-order valence-electron chi connectivity index (χ3n) is 3.54. The Kier molecular flexibility index (Phi) is 6.00. The number of thioether (sulfide) groups is 1. The highest BCUT2D eigenvalue weighted by Crippen LogP contribution is 2.31. The number of aryl methyl sites for hydroxylation is 1. The van der Waals surface area contributed by atoms with Crippen LogP contribution < -0.4 is 5.32 Å². The van der Waals surface area contributed by atoms with Gasteiger partial charge in [-0.25, -0.2) is 4.98 Å². The van der Waals surface area contributed by atoms with Crippen LogP contribution in [0.2, 0.25) is 0 Å². The molecule has 0 unspecified atom stereocenters. The molecule has 0 saturated heterocycles. The zero-order chi connectivity index (χ0) is 18.5. The molecule has 0 spiro atoms. The van der Waals surface area contributed by atoms with Crippen LogP contribution in [0.5, 0.6) is 0 Å². The van der Waals surface area contributed by atoms with E-state index in [1.165, 1.54) is 11.3 Å². The van der Waals surface area contributed by atoms with Gasteiger partial charge in [-0.15, -0.1) is 11.3 Å². The third kappa shape index (κ3) is 4.89. The van der Waals surface area contributed by atoms with Crippen molar-refractivity contribution in [3.63, 3.8) is 0 Å². The van der Waals surface area contributed by atoms with E-state index in [4.69, 9.17) is 0 Å². The molecule has 1 N–H and O–H groups in total. The average Bonchev–Trinajstić information content (AvgIpc) is 3.04. The SMILES string of the molecule is Cc1cccc(-c2nc(CC(=O)Nc3ccccc3SC(F)F)cs2)c1. The van der Waals surface area contributed by atoms with Crippen LogP contribution in [0.1, 0.15) is 11.3 Å². The molecule has 0 fully saturated rings. The summed E-state index contributed by atoms with van der Waals surface area (Å²) in [6.45, 7) is 2.01. The Balaban J connectivity index is 1.68. The number of anilines is 1. The molecular formula is C19H16F2N2OS2. The van der Waals surface area contributed by atoms with Gasteiger partial charge < -0.3 is 5.32 Å². The first-order valence-electron chi connectivity index (χ1n) is 7.86. The number of hydrogen-bond donors (Lipinski definition) is 1. The Bertz CT molecular complexity index is 912. The Morgan fingerprint density at radius 1 is 1.23 bits per heavy atom. The van der Waals surface area contributed by atoms with E-state index in [0.29, 0.717) is 28.0 Å². The van der Waals surface area contributed by atoms with Crippen LogP contribution in [0.4, 0.5) is 14.5 Å². The topological polar surface area (TPSA) is 42.0 Å². The molecule has 7 heteroatoms. The number of carbonyl (C=O) groups is 1. The lowest BCUT2D eigenvalue weighted by atomic mass is 10.1. The molecule has 3 aromatic rings. The lowest BCUT2D eigenvalue weighted by Gasteiger charge is -2.09. The number of nitrogens with one attached hydrogen (secondary N) is 1. The second kappa shape index (κ2) is 8.42. The predicted molar refractivity (Wildman–Crippen MR) is 103 cm³/mol. The van der Waals surface area contributed by atoms with Crippen LogP contribution in [0.15, 0.2) is 58.8 Å². The number of thiazole rings is 1. The molecule has 0 aliphatic heterocycles. The largest absolute Gasteiger partial charge is 0.325 e. The molecule has 0 saturated carbocycles. The number of rotatable bonds is 6. The van der Waals surface area contributed by atoms with E-state index in [9.17, 15) is 13.6 Å². The van der Waals surface area contributed by atoms with Gasteiger partial charge in [0.05, 0.1) is 17.8 Å². The smallest absolute Gasteiger partial charge is 0.288 e. The molecule has 3 rings (SSSR count). The minimum atomic E-state index is -2.54. The van der Waals surface area contributed by atoms with E-state index in [-0.39, 0.29) is 12.3 Å². The highest BCUT2D eigenvalue weighted by molar-refractivity contribution is 7.99. The summed E-state index contributed by atoms with van der Waals surface area (Å²) < 4.78 is 25.2. The van der Waals surface area contributed by atoms with Gasteiger partial charge in [0.1, 0.15) is 5.01 Å². The summed E-state index contributed by atoms with van der Waals surface area (Å²) >= 11 is 1.89. The molecule has 2 aromatic carbocycles. The van der Waals surface area contributed by atoms with Crippen LogP contribution in [0.25, 0.3) is 10.6 Å². The zero-order valence-corrected chi connectivity index (χ0v) is 15.5. The highest BCUT2D eigenvalue weighted by Gasteiger charge is 2.13. The van der Waals surface area contributed by atoms with Crippen LogP contribution in [0.3, 0.4) is 0 Å². The van der Waals surface area contributed by atoms with E-state index >= 15 is 0 Å². The molecule has 26 heavy (non-hydrogen) atoms. The number of nitrogens with zero attached hydrogens (tertiary/aromatic N) is 1. The summed E-state index contributed by atoms with van der Waals surface area (Å²) in [5.41, 5.74) is 3.20. The number of carbonyl (C=O) groups excluding carboxylic acids is 1. The Hall–Kier alpha value is -2.25. The van der Waals surface area contributed by atoms with Gasteiger partial charge in [0, 0.05) is 15.8 Å². The molecule has 0 aliphatic rings. The van der Waals surface area contributed by atoms with Gasteiger partial charge in [0.15, 0.2) is 0 Å². The van der Waals surface area contributed by atoms with Crippen molar-refractivity contribution in [2.24, 2.45) is 0 Å². The molecule has 0 bridgehead atoms. The second-order valence-electron chi connectivity index (χ2n) is 5.61. The maximum Gasteiger partial charge on any atom is 0.288 e. The number of alkyl halides is 2. The van der Waals surface area contributed by atoms with Crippen LogP contribution in [0, 0.1) is 6.92 Å². The predicted octanol–water partition coefficient (Wildman–Crippen LogP) is 5.61. The van der Waals surface area contributed by atoms with E-state index in [1.54, 1.807) is 24.3 Å². The van der Waals surface area contributed by atoms with Gasteiger partial charge in [-0.3, -0.25) is 4.79 Å². The van der Waals surface area contributed by atoms with Crippen molar-refractivity contribution >= 4 is 34.7 Å². The summed E-state index contributed by atoms with van der Waals surface area (Å²) in [5, 5.41) is 5.39. The van der Waals surface area contributed by atoms with Crippen LogP contribution in [-0.4, -0.2) is 16.6 Å². The molecule has 0 aliphatic carbocycles. The number of benzene rings is 2. The first-order valence-corrected chi connectivity index (χ1v) is 9.62. The summed E-state index contributed by atoms with van der Waals surface area (Å²) in [6, 6.07) is 14.5. The van der Waals surface area contributed by atoms with Crippen molar-refractivity contribution in [3.8, 4) is 10.6 Å². The van der Waals surface area contributed by atoms with Crippen molar-refractivity contribution in [2.75, 3.05) is 5.32 Å². The third-order valence-corrected chi connectivity index (χ3v) is 5.26. The summed E-state index contributed by atoms with van der Waals surface area (Å²) in [5.74, 6) is -2.82. The van der Waals surface area contributed by atoms with Gasteiger partial charge in [-0.1, -0.05) is 47.7 Å². The summed E-state index contributed by atoms with van der Waals surface area (Å²) in [4.78, 5) is 17.1. The average molecular weight is 390 g/mol. The molecule has 0 atom stereocenters. The quantitative estimate of drug-likeness (QED) is 0.556. The van der Waals surface area contributed by atoms with Crippen molar-refractivity contribution in [2.45, 2.75) is 24.0 Å². The van der Waals surface area contributed by atoms with Gasteiger partial charge in [0.2, 0.25) is 5.91 Å². The Labute approximate surface area is 158 Å². The Morgan fingerprint density at radius 2 is 2.04 bits per heavy atom. The number of aromatic nitrogens is 1. The molecule has 3 nitrogen and oxygen atoms in total. The number of hydrogen-bond acceptors (Lipinski definition) is 4. The van der Waals surface area contributed by atoms with Crippen molar-refractivity contribution in [3.05, 3.63) is 65.2 Å². The number of amides is 1. The van der Waals surface area contributed by atoms with E-state index < -0.39 is 5.76 Å². The molecule has 1 amide bonds. The lowest BCUT2D eigenvalue weighted by Crippen LogP contribution is -2.15.